The SMILES string of the molecule is CCCCCc1c(C)sc2nc[nH]c(=O)c12. The first-order valence-corrected chi connectivity index (χ1v) is 6.51. The molecular weight excluding hydrogens is 220 g/mol. The van der Waals surface area contributed by atoms with Crippen LogP contribution in [0.25, 0.3) is 10.2 Å². The molecule has 0 bridgehead atoms. The smallest absolute Gasteiger partial charge is 0.259 e. The monoisotopic (exact) mass is 236 g/mol. The van der Waals surface area contributed by atoms with Crippen LogP contribution in [-0.2, 0) is 6.42 Å². The number of H-pyrrole nitrogens is 1. The number of nitrogens with one attached hydrogen (secondary N) is 1. The van der Waals surface area contributed by atoms with E-state index in [1.807, 2.05) is 0 Å². The number of aromatic amines is 1. The zero-order chi connectivity index (χ0) is 11.5. The first kappa shape index (κ1) is 11.3. The molecular formula is C12H16N2OS. The third-order valence-electron chi connectivity index (χ3n) is 2.83. The third kappa shape index (κ3) is 2.02. The molecule has 16 heavy (non-hydrogen) atoms. The average molecular weight is 236 g/mol. The van der Waals surface area contributed by atoms with Crippen molar-refractivity contribution in [2.45, 2.75) is 39.5 Å². The average Bonchev–Trinajstić information content (AvgIpc) is 2.57. The van der Waals surface area contributed by atoms with Crippen molar-refractivity contribution in [3.63, 3.8) is 0 Å². The van der Waals surface area contributed by atoms with Crippen LogP contribution in [-0.4, -0.2) is 9.97 Å². The molecule has 0 radical (unpaired) electrons. The number of hydrogen-bond donors (Lipinski definition) is 1. The lowest BCUT2D eigenvalue weighted by molar-refractivity contribution is 0.719. The van der Waals surface area contributed by atoms with Gasteiger partial charge in [-0.2, -0.15) is 0 Å². The second-order valence-corrected chi connectivity index (χ2v) is 5.21. The topological polar surface area (TPSA) is 45.8 Å². The van der Waals surface area contributed by atoms with Gasteiger partial charge >= 0.3 is 0 Å². The molecule has 2 rings (SSSR count). The van der Waals surface area contributed by atoms with Gasteiger partial charge < -0.3 is 4.98 Å². The minimum absolute atomic E-state index is 0.000786. The Kier molecular flexibility index (Phi) is 3.39. The molecule has 0 spiro atoms. The van der Waals surface area contributed by atoms with Crippen molar-refractivity contribution in [2.75, 3.05) is 0 Å². The summed E-state index contributed by atoms with van der Waals surface area (Å²) in [5.41, 5.74) is 1.20. The lowest BCUT2D eigenvalue weighted by Crippen LogP contribution is -2.06. The van der Waals surface area contributed by atoms with Crippen LogP contribution < -0.4 is 5.56 Å². The number of aryl methyl sites for hydroxylation is 2. The Hall–Kier alpha value is -1.16. The summed E-state index contributed by atoms with van der Waals surface area (Å²) in [5, 5.41) is 0.807. The number of unbranched alkanes of at least 4 members (excludes halogenated alkanes) is 2. The van der Waals surface area contributed by atoms with Crippen LogP contribution in [0.5, 0.6) is 0 Å². The molecule has 0 atom stereocenters. The summed E-state index contributed by atoms with van der Waals surface area (Å²) in [6.45, 7) is 4.26. The van der Waals surface area contributed by atoms with E-state index in [1.165, 1.54) is 29.6 Å². The van der Waals surface area contributed by atoms with Crippen LogP contribution in [0.2, 0.25) is 0 Å². The summed E-state index contributed by atoms with van der Waals surface area (Å²) in [7, 11) is 0. The van der Waals surface area contributed by atoms with E-state index in [9.17, 15) is 4.79 Å². The number of hydrogen-bond acceptors (Lipinski definition) is 3. The summed E-state index contributed by atoms with van der Waals surface area (Å²) < 4.78 is 0. The van der Waals surface area contributed by atoms with Gasteiger partial charge in [0.25, 0.3) is 5.56 Å². The molecule has 0 aliphatic heterocycles. The summed E-state index contributed by atoms with van der Waals surface area (Å²) in [6.07, 6.45) is 6.05. The van der Waals surface area contributed by atoms with Crippen LogP contribution >= 0.6 is 11.3 Å². The van der Waals surface area contributed by atoms with Crippen LogP contribution in [0.1, 0.15) is 36.6 Å². The van der Waals surface area contributed by atoms with E-state index in [1.54, 1.807) is 11.3 Å². The van der Waals surface area contributed by atoms with Gasteiger partial charge in [-0.1, -0.05) is 19.8 Å². The third-order valence-corrected chi connectivity index (χ3v) is 3.88. The van der Waals surface area contributed by atoms with Gasteiger partial charge in [0, 0.05) is 4.88 Å². The molecule has 4 heteroatoms. The molecule has 0 amide bonds. The maximum atomic E-state index is 11.8. The van der Waals surface area contributed by atoms with Crippen molar-refractivity contribution in [1.29, 1.82) is 0 Å². The van der Waals surface area contributed by atoms with Gasteiger partial charge in [0.1, 0.15) is 4.83 Å². The minimum atomic E-state index is 0.000786. The second kappa shape index (κ2) is 4.78. The Labute approximate surface area is 98.5 Å². The molecule has 0 aromatic carbocycles. The molecule has 2 heterocycles. The number of fused-ring (bicyclic) bond motifs is 1. The fourth-order valence-corrected chi connectivity index (χ4v) is 3.00. The van der Waals surface area contributed by atoms with E-state index < -0.39 is 0 Å². The highest BCUT2D eigenvalue weighted by Gasteiger charge is 2.12. The fraction of sp³-hybridized carbons (Fsp3) is 0.500. The Morgan fingerprint density at radius 3 is 3.00 bits per heavy atom. The Balaban J connectivity index is 2.43. The number of aromatic nitrogens is 2. The van der Waals surface area contributed by atoms with Crippen LogP contribution in [0.3, 0.4) is 0 Å². The molecule has 2 aromatic heterocycles. The van der Waals surface area contributed by atoms with E-state index >= 15 is 0 Å². The Morgan fingerprint density at radius 1 is 1.44 bits per heavy atom. The van der Waals surface area contributed by atoms with Crippen molar-refractivity contribution in [3.05, 3.63) is 27.1 Å². The van der Waals surface area contributed by atoms with Gasteiger partial charge in [-0.05, 0) is 25.3 Å². The summed E-state index contributed by atoms with van der Waals surface area (Å²) >= 11 is 1.62. The minimum Gasteiger partial charge on any atom is -0.313 e. The molecule has 3 nitrogen and oxygen atoms in total. The van der Waals surface area contributed by atoms with E-state index in [0.29, 0.717) is 0 Å². The summed E-state index contributed by atoms with van der Waals surface area (Å²) in [5.74, 6) is 0. The number of nitrogens with zero attached hydrogens (tertiary/aromatic N) is 1. The van der Waals surface area contributed by atoms with Crippen molar-refractivity contribution < 1.29 is 0 Å². The predicted octanol–water partition coefficient (Wildman–Crippen LogP) is 3.03. The maximum Gasteiger partial charge on any atom is 0.259 e. The quantitative estimate of drug-likeness (QED) is 0.829. The number of thiophene rings is 1. The molecule has 0 fully saturated rings. The van der Waals surface area contributed by atoms with Crippen LogP contribution in [0, 0.1) is 6.92 Å². The van der Waals surface area contributed by atoms with Gasteiger partial charge in [0.2, 0.25) is 0 Å². The highest BCUT2D eigenvalue weighted by Crippen LogP contribution is 2.27. The highest BCUT2D eigenvalue weighted by atomic mass is 32.1. The first-order valence-electron chi connectivity index (χ1n) is 5.69. The fourth-order valence-electron chi connectivity index (χ4n) is 1.96. The highest BCUT2D eigenvalue weighted by molar-refractivity contribution is 7.18. The molecule has 0 saturated carbocycles. The largest absolute Gasteiger partial charge is 0.313 e. The Bertz CT molecular complexity index is 541. The predicted molar refractivity (Wildman–Crippen MR) is 68.2 cm³/mol. The zero-order valence-corrected chi connectivity index (χ0v) is 10.5. The zero-order valence-electron chi connectivity index (χ0n) is 9.67. The molecule has 0 aliphatic rings. The van der Waals surface area contributed by atoms with Gasteiger partial charge in [-0.3, -0.25) is 4.79 Å². The normalized spacial score (nSPS) is 11.1. The van der Waals surface area contributed by atoms with Crippen molar-refractivity contribution >= 4 is 21.6 Å². The standard InChI is InChI=1S/C12H16N2OS/c1-3-4-5-6-9-8(2)16-12-10(9)11(15)13-7-14-12/h7H,3-6H2,1-2H3,(H,13,14,15). The first-order chi connectivity index (χ1) is 7.74. The van der Waals surface area contributed by atoms with Crippen molar-refractivity contribution in [2.24, 2.45) is 0 Å². The molecule has 1 N–H and O–H groups in total. The lowest BCUT2D eigenvalue weighted by atomic mass is 10.1. The van der Waals surface area contributed by atoms with Gasteiger partial charge in [-0.15, -0.1) is 11.3 Å². The van der Waals surface area contributed by atoms with Gasteiger partial charge in [-0.25, -0.2) is 4.98 Å². The number of rotatable bonds is 4. The second-order valence-electron chi connectivity index (χ2n) is 4.01. The van der Waals surface area contributed by atoms with Gasteiger partial charge in [0.05, 0.1) is 11.7 Å². The summed E-state index contributed by atoms with van der Waals surface area (Å²) in [6, 6.07) is 0. The Morgan fingerprint density at radius 2 is 2.25 bits per heavy atom. The molecule has 0 unspecified atom stereocenters. The van der Waals surface area contributed by atoms with E-state index in [2.05, 4.69) is 23.8 Å². The molecule has 0 aliphatic carbocycles. The summed E-state index contributed by atoms with van der Waals surface area (Å²) in [4.78, 5) is 20.7. The van der Waals surface area contributed by atoms with Crippen molar-refractivity contribution in [3.8, 4) is 0 Å². The molecule has 0 saturated heterocycles. The molecule has 86 valence electrons. The molecule has 2 aromatic rings. The van der Waals surface area contributed by atoms with E-state index in [0.717, 1.165) is 23.1 Å². The maximum absolute atomic E-state index is 11.8. The van der Waals surface area contributed by atoms with Crippen LogP contribution in [0.4, 0.5) is 0 Å². The van der Waals surface area contributed by atoms with Crippen LogP contribution in [0.15, 0.2) is 11.1 Å². The van der Waals surface area contributed by atoms with E-state index in [-0.39, 0.29) is 5.56 Å². The van der Waals surface area contributed by atoms with Crippen molar-refractivity contribution in [1.82, 2.24) is 9.97 Å². The van der Waals surface area contributed by atoms with E-state index in [4.69, 9.17) is 0 Å². The lowest BCUT2D eigenvalue weighted by Gasteiger charge is -1.99. The van der Waals surface area contributed by atoms with Gasteiger partial charge in [0.15, 0.2) is 0 Å².